The molecule has 0 fully saturated rings. The molecule has 0 aliphatic heterocycles. The fourth-order valence-electron chi connectivity index (χ4n) is 7.55. The van der Waals surface area contributed by atoms with Gasteiger partial charge in [-0.3, -0.25) is 14.4 Å². The summed E-state index contributed by atoms with van der Waals surface area (Å²) in [6.45, 7) is 13.7. The van der Waals surface area contributed by atoms with Gasteiger partial charge in [0.15, 0.2) is 6.10 Å². The van der Waals surface area contributed by atoms with Gasteiger partial charge in [-0.1, -0.05) is 234 Å². The number of carbonyl (C=O) groups excluding carboxylic acids is 3. The van der Waals surface area contributed by atoms with Gasteiger partial charge < -0.3 is 14.2 Å². The standard InChI is InChI=1S/C51H98O6/c1-7-47(6)39-33-27-21-16-18-23-29-35-41-50(53)56-44-48(57-51(54)42-36-30-24-17-15-20-26-32-38-46(4)5)43-55-49(52)40-34-28-22-14-12-10-8-9-11-13-19-25-31-37-45(2)3/h45-48H,7-44H2,1-6H3/t47?,48-/m1/s1. The van der Waals surface area contributed by atoms with E-state index >= 15 is 0 Å². The van der Waals surface area contributed by atoms with E-state index in [9.17, 15) is 14.4 Å². The Hall–Kier alpha value is -1.59. The summed E-state index contributed by atoms with van der Waals surface area (Å²) in [5.41, 5.74) is 0. The predicted octanol–water partition coefficient (Wildman–Crippen LogP) is 16.0. The van der Waals surface area contributed by atoms with Crippen LogP contribution in [0.1, 0.15) is 273 Å². The van der Waals surface area contributed by atoms with E-state index in [1.807, 2.05) is 0 Å². The van der Waals surface area contributed by atoms with Gasteiger partial charge in [-0.05, 0) is 37.0 Å². The lowest BCUT2D eigenvalue weighted by Gasteiger charge is -2.18. The molecule has 0 bridgehead atoms. The van der Waals surface area contributed by atoms with Gasteiger partial charge in [0, 0.05) is 19.3 Å². The summed E-state index contributed by atoms with van der Waals surface area (Å²) in [7, 11) is 0. The average molecular weight is 807 g/mol. The Labute approximate surface area is 355 Å². The van der Waals surface area contributed by atoms with Crippen molar-refractivity contribution in [2.75, 3.05) is 13.2 Å². The Morgan fingerprint density at radius 2 is 0.614 bits per heavy atom. The number of hydrogen-bond donors (Lipinski definition) is 0. The summed E-state index contributed by atoms with van der Waals surface area (Å²) in [6, 6.07) is 0. The number of ether oxygens (including phenoxy) is 3. The monoisotopic (exact) mass is 807 g/mol. The maximum Gasteiger partial charge on any atom is 0.306 e. The van der Waals surface area contributed by atoms with Gasteiger partial charge >= 0.3 is 17.9 Å². The highest BCUT2D eigenvalue weighted by molar-refractivity contribution is 5.71. The summed E-state index contributed by atoms with van der Waals surface area (Å²) < 4.78 is 16.8. The SMILES string of the molecule is CCC(C)CCCCCCCCCCC(=O)OC[C@@H](COC(=O)CCCCCCCCCCCCCCCC(C)C)OC(=O)CCCCCCCCCCC(C)C. The van der Waals surface area contributed by atoms with Crippen LogP contribution in [0.5, 0.6) is 0 Å². The molecule has 0 N–H and O–H groups in total. The van der Waals surface area contributed by atoms with Crippen LogP contribution in [0.2, 0.25) is 0 Å². The third-order valence-electron chi connectivity index (χ3n) is 11.8. The molecule has 0 amide bonds. The molecular formula is C51H98O6. The molecule has 0 aromatic heterocycles. The predicted molar refractivity (Wildman–Crippen MR) is 243 cm³/mol. The molecule has 0 spiro atoms. The Bertz CT molecular complexity index is 885. The maximum atomic E-state index is 12.7. The molecule has 0 heterocycles. The molecule has 0 aliphatic rings. The first-order valence-electron chi connectivity index (χ1n) is 25.1. The van der Waals surface area contributed by atoms with Crippen LogP contribution in [-0.4, -0.2) is 37.2 Å². The van der Waals surface area contributed by atoms with Crippen molar-refractivity contribution in [2.24, 2.45) is 17.8 Å². The molecule has 57 heavy (non-hydrogen) atoms. The van der Waals surface area contributed by atoms with Gasteiger partial charge in [0.1, 0.15) is 13.2 Å². The van der Waals surface area contributed by atoms with Gasteiger partial charge in [0.05, 0.1) is 0 Å². The average Bonchev–Trinajstić information content (AvgIpc) is 3.18. The van der Waals surface area contributed by atoms with Crippen LogP contribution in [0.4, 0.5) is 0 Å². The molecule has 0 rings (SSSR count). The zero-order chi connectivity index (χ0) is 42.0. The highest BCUT2D eigenvalue weighted by Gasteiger charge is 2.19. The van der Waals surface area contributed by atoms with Crippen molar-refractivity contribution in [3.05, 3.63) is 0 Å². The van der Waals surface area contributed by atoms with Crippen molar-refractivity contribution in [1.29, 1.82) is 0 Å². The third kappa shape index (κ3) is 43.8. The number of carbonyl (C=O) groups is 3. The quantitative estimate of drug-likeness (QED) is 0.0347. The number of hydrogen-bond acceptors (Lipinski definition) is 6. The van der Waals surface area contributed by atoms with Crippen LogP contribution in [0.15, 0.2) is 0 Å². The van der Waals surface area contributed by atoms with Gasteiger partial charge in [-0.2, -0.15) is 0 Å². The van der Waals surface area contributed by atoms with Gasteiger partial charge in [-0.15, -0.1) is 0 Å². The molecule has 6 heteroatoms. The van der Waals surface area contributed by atoms with E-state index in [1.165, 1.54) is 154 Å². The van der Waals surface area contributed by atoms with E-state index in [4.69, 9.17) is 14.2 Å². The Morgan fingerprint density at radius 1 is 0.351 bits per heavy atom. The minimum Gasteiger partial charge on any atom is -0.462 e. The molecule has 0 saturated heterocycles. The van der Waals surface area contributed by atoms with Crippen LogP contribution in [0.3, 0.4) is 0 Å². The molecular weight excluding hydrogens is 709 g/mol. The molecule has 0 radical (unpaired) electrons. The number of unbranched alkanes of at least 4 members (excludes halogenated alkanes) is 26. The first-order chi connectivity index (χ1) is 27.6. The fourth-order valence-corrected chi connectivity index (χ4v) is 7.55. The first kappa shape index (κ1) is 55.4. The lowest BCUT2D eigenvalue weighted by molar-refractivity contribution is -0.167. The van der Waals surface area contributed by atoms with Crippen molar-refractivity contribution < 1.29 is 28.6 Å². The van der Waals surface area contributed by atoms with E-state index in [0.29, 0.717) is 19.3 Å². The lowest BCUT2D eigenvalue weighted by Crippen LogP contribution is -2.30. The Morgan fingerprint density at radius 3 is 0.912 bits per heavy atom. The van der Waals surface area contributed by atoms with Crippen LogP contribution in [0.25, 0.3) is 0 Å². The van der Waals surface area contributed by atoms with Crippen LogP contribution >= 0.6 is 0 Å². The van der Waals surface area contributed by atoms with Crippen molar-refractivity contribution in [2.45, 2.75) is 279 Å². The summed E-state index contributed by atoms with van der Waals surface area (Å²) in [6.07, 6.45) is 40.9. The highest BCUT2D eigenvalue weighted by atomic mass is 16.6. The number of rotatable bonds is 44. The molecule has 0 saturated carbocycles. The van der Waals surface area contributed by atoms with Crippen molar-refractivity contribution >= 4 is 17.9 Å². The van der Waals surface area contributed by atoms with Crippen LogP contribution in [-0.2, 0) is 28.6 Å². The fraction of sp³-hybridized carbons (Fsp3) is 0.941. The minimum absolute atomic E-state index is 0.0655. The van der Waals surface area contributed by atoms with E-state index in [-0.39, 0.29) is 31.1 Å². The van der Waals surface area contributed by atoms with Crippen molar-refractivity contribution in [3.63, 3.8) is 0 Å². The molecule has 0 aromatic rings. The number of esters is 3. The second-order valence-electron chi connectivity index (χ2n) is 18.6. The molecule has 2 atom stereocenters. The second-order valence-corrected chi connectivity index (χ2v) is 18.6. The summed E-state index contributed by atoms with van der Waals surface area (Å²) in [5, 5.41) is 0. The molecule has 338 valence electrons. The van der Waals surface area contributed by atoms with Gasteiger partial charge in [0.2, 0.25) is 0 Å². The van der Waals surface area contributed by atoms with E-state index in [0.717, 1.165) is 75.5 Å². The van der Waals surface area contributed by atoms with Crippen LogP contribution in [0, 0.1) is 17.8 Å². The van der Waals surface area contributed by atoms with Crippen molar-refractivity contribution in [3.8, 4) is 0 Å². The zero-order valence-corrected chi connectivity index (χ0v) is 39.1. The first-order valence-corrected chi connectivity index (χ1v) is 25.1. The highest BCUT2D eigenvalue weighted by Crippen LogP contribution is 2.18. The molecule has 1 unspecified atom stereocenters. The van der Waals surface area contributed by atoms with Gasteiger partial charge in [0.25, 0.3) is 0 Å². The Kier molecular flexibility index (Phi) is 41.3. The zero-order valence-electron chi connectivity index (χ0n) is 39.1. The largest absolute Gasteiger partial charge is 0.462 e. The summed E-state index contributed by atoms with van der Waals surface area (Å²) >= 11 is 0. The lowest BCUT2D eigenvalue weighted by atomic mass is 9.99. The summed E-state index contributed by atoms with van der Waals surface area (Å²) in [4.78, 5) is 37.9. The molecule has 6 nitrogen and oxygen atoms in total. The third-order valence-corrected chi connectivity index (χ3v) is 11.8. The van der Waals surface area contributed by atoms with E-state index < -0.39 is 6.10 Å². The Balaban J connectivity index is 4.31. The molecule has 0 aromatic carbocycles. The van der Waals surface area contributed by atoms with E-state index in [1.54, 1.807) is 0 Å². The van der Waals surface area contributed by atoms with Crippen molar-refractivity contribution in [1.82, 2.24) is 0 Å². The second kappa shape index (κ2) is 42.5. The smallest absolute Gasteiger partial charge is 0.306 e. The summed E-state index contributed by atoms with van der Waals surface area (Å²) in [5.74, 6) is 1.62. The van der Waals surface area contributed by atoms with Gasteiger partial charge in [-0.25, -0.2) is 0 Å². The van der Waals surface area contributed by atoms with E-state index in [2.05, 4.69) is 41.5 Å². The normalized spacial score (nSPS) is 12.6. The maximum absolute atomic E-state index is 12.7. The van der Waals surface area contributed by atoms with Crippen LogP contribution < -0.4 is 0 Å². The topological polar surface area (TPSA) is 78.9 Å². The molecule has 0 aliphatic carbocycles. The minimum atomic E-state index is -0.763.